The highest BCUT2D eigenvalue weighted by molar-refractivity contribution is 9.10. The summed E-state index contributed by atoms with van der Waals surface area (Å²) in [7, 11) is 0. The van der Waals surface area contributed by atoms with Crippen molar-refractivity contribution >= 4 is 15.9 Å². The minimum absolute atomic E-state index is 0.320. The molecule has 4 heteroatoms. The monoisotopic (exact) mass is 355 g/mol. The maximum Gasteiger partial charge on any atom is 0.120 e. The Labute approximate surface area is 136 Å². The maximum absolute atomic E-state index is 9.99. The fourth-order valence-corrected chi connectivity index (χ4v) is 3.31. The molecule has 0 aliphatic heterocycles. The van der Waals surface area contributed by atoms with Crippen molar-refractivity contribution < 1.29 is 9.84 Å². The standard InChI is InChI=1S/C17H26BrNO2/c1-17(8-3-2-4-9-17)13-19-11-15(20)12-21-16-7-5-6-14(18)10-16/h5-7,10,15,19-20H,2-4,8-9,11-13H2,1H3. The zero-order valence-electron chi connectivity index (χ0n) is 12.8. The third kappa shape index (κ3) is 5.97. The van der Waals surface area contributed by atoms with E-state index in [1.54, 1.807) is 0 Å². The second-order valence-corrected chi connectivity index (χ2v) is 7.34. The zero-order valence-corrected chi connectivity index (χ0v) is 14.4. The molecule has 21 heavy (non-hydrogen) atoms. The topological polar surface area (TPSA) is 41.5 Å². The first-order chi connectivity index (χ1) is 10.1. The van der Waals surface area contributed by atoms with Gasteiger partial charge in [-0.25, -0.2) is 0 Å². The van der Waals surface area contributed by atoms with E-state index >= 15 is 0 Å². The van der Waals surface area contributed by atoms with Gasteiger partial charge in [0.2, 0.25) is 0 Å². The highest BCUT2D eigenvalue weighted by Gasteiger charge is 2.26. The Balaban J connectivity index is 1.64. The Morgan fingerprint density at radius 1 is 1.33 bits per heavy atom. The Hall–Kier alpha value is -0.580. The lowest BCUT2D eigenvalue weighted by molar-refractivity contribution is 0.100. The van der Waals surface area contributed by atoms with Crippen molar-refractivity contribution in [3.63, 3.8) is 0 Å². The van der Waals surface area contributed by atoms with E-state index in [0.717, 1.165) is 16.8 Å². The van der Waals surface area contributed by atoms with Crippen LogP contribution in [0.4, 0.5) is 0 Å². The molecule has 2 rings (SSSR count). The molecule has 2 N–H and O–H groups in total. The summed E-state index contributed by atoms with van der Waals surface area (Å²) in [5.41, 5.74) is 0.406. The first kappa shape index (κ1) is 16.8. The summed E-state index contributed by atoms with van der Waals surface area (Å²) in [6, 6.07) is 7.68. The normalized spacial score (nSPS) is 19.2. The minimum Gasteiger partial charge on any atom is -0.491 e. The molecular weight excluding hydrogens is 330 g/mol. The van der Waals surface area contributed by atoms with Gasteiger partial charge in [-0.15, -0.1) is 0 Å². The molecule has 118 valence electrons. The molecule has 3 nitrogen and oxygen atoms in total. The quantitative estimate of drug-likeness (QED) is 0.782. The smallest absolute Gasteiger partial charge is 0.120 e. The average Bonchev–Trinajstić information content (AvgIpc) is 2.46. The molecule has 0 heterocycles. The van der Waals surface area contributed by atoms with Crippen molar-refractivity contribution in [1.82, 2.24) is 5.32 Å². The van der Waals surface area contributed by atoms with E-state index in [0.29, 0.717) is 18.6 Å². The molecule has 0 radical (unpaired) electrons. The van der Waals surface area contributed by atoms with Crippen LogP contribution in [0, 0.1) is 5.41 Å². The van der Waals surface area contributed by atoms with Gasteiger partial charge in [-0.1, -0.05) is 48.2 Å². The number of aliphatic hydroxyl groups is 1. The maximum atomic E-state index is 9.99. The minimum atomic E-state index is -0.476. The Morgan fingerprint density at radius 2 is 2.10 bits per heavy atom. The predicted molar refractivity (Wildman–Crippen MR) is 89.7 cm³/mol. The number of rotatable bonds is 7. The predicted octanol–water partition coefficient (Wildman–Crippen LogP) is 3.75. The Morgan fingerprint density at radius 3 is 2.81 bits per heavy atom. The molecule has 1 fully saturated rings. The summed E-state index contributed by atoms with van der Waals surface area (Å²) >= 11 is 3.41. The summed E-state index contributed by atoms with van der Waals surface area (Å²) in [4.78, 5) is 0. The van der Waals surface area contributed by atoms with Crippen LogP contribution in [0.2, 0.25) is 0 Å². The Bertz CT molecular complexity index is 433. The summed E-state index contributed by atoms with van der Waals surface area (Å²) in [5, 5.41) is 13.4. The molecule has 1 aromatic rings. The summed E-state index contributed by atoms with van der Waals surface area (Å²) in [5.74, 6) is 0.780. The van der Waals surface area contributed by atoms with Crippen molar-refractivity contribution in [1.29, 1.82) is 0 Å². The molecule has 1 aliphatic rings. The number of hydrogen-bond donors (Lipinski definition) is 2. The van der Waals surface area contributed by atoms with E-state index in [1.165, 1.54) is 32.1 Å². The average molecular weight is 356 g/mol. The molecule has 1 saturated carbocycles. The zero-order chi connectivity index (χ0) is 15.1. The van der Waals surface area contributed by atoms with Crippen molar-refractivity contribution in [3.8, 4) is 5.75 Å². The molecule has 0 aromatic heterocycles. The highest BCUT2D eigenvalue weighted by atomic mass is 79.9. The number of aliphatic hydroxyl groups excluding tert-OH is 1. The molecule has 0 spiro atoms. The van der Waals surface area contributed by atoms with Crippen molar-refractivity contribution in [3.05, 3.63) is 28.7 Å². The number of ether oxygens (including phenoxy) is 1. The molecule has 0 bridgehead atoms. The van der Waals surface area contributed by atoms with E-state index in [1.807, 2.05) is 24.3 Å². The van der Waals surface area contributed by atoms with Gasteiger partial charge in [0.25, 0.3) is 0 Å². The van der Waals surface area contributed by atoms with Crippen LogP contribution in [0.3, 0.4) is 0 Å². The largest absolute Gasteiger partial charge is 0.491 e. The molecule has 1 atom stereocenters. The van der Waals surface area contributed by atoms with Gasteiger partial charge in [-0.05, 0) is 36.5 Å². The van der Waals surface area contributed by atoms with E-state index < -0.39 is 6.10 Å². The van der Waals surface area contributed by atoms with Crippen LogP contribution in [0.25, 0.3) is 0 Å². The number of hydrogen-bond acceptors (Lipinski definition) is 3. The van der Waals surface area contributed by atoms with Gasteiger partial charge in [-0.3, -0.25) is 0 Å². The molecule has 0 amide bonds. The van der Waals surface area contributed by atoms with Crippen LogP contribution in [0.5, 0.6) is 5.75 Å². The van der Waals surface area contributed by atoms with Crippen LogP contribution < -0.4 is 10.1 Å². The third-order valence-electron chi connectivity index (χ3n) is 4.23. The van der Waals surface area contributed by atoms with Crippen LogP contribution in [0.1, 0.15) is 39.0 Å². The second kappa shape index (κ2) is 8.16. The number of halogens is 1. The SMILES string of the molecule is CC1(CNCC(O)COc2cccc(Br)c2)CCCCC1. The molecular formula is C17H26BrNO2. The Kier molecular flexibility index (Phi) is 6.52. The summed E-state index contributed by atoms with van der Waals surface area (Å²) in [6.07, 6.45) is 6.17. The van der Waals surface area contributed by atoms with Crippen molar-refractivity contribution in [2.45, 2.75) is 45.1 Å². The first-order valence-corrected chi connectivity index (χ1v) is 8.64. The first-order valence-electron chi connectivity index (χ1n) is 7.85. The van der Waals surface area contributed by atoms with E-state index in [-0.39, 0.29) is 0 Å². The molecule has 1 unspecified atom stereocenters. The van der Waals surface area contributed by atoms with Gasteiger partial charge in [0.15, 0.2) is 0 Å². The second-order valence-electron chi connectivity index (χ2n) is 6.42. The number of benzene rings is 1. The lowest BCUT2D eigenvalue weighted by atomic mass is 9.76. The van der Waals surface area contributed by atoms with Crippen LogP contribution in [-0.2, 0) is 0 Å². The molecule has 1 aliphatic carbocycles. The van der Waals surface area contributed by atoms with Gasteiger partial charge in [0, 0.05) is 17.6 Å². The van der Waals surface area contributed by atoms with Crippen LogP contribution in [-0.4, -0.2) is 30.9 Å². The van der Waals surface area contributed by atoms with Crippen molar-refractivity contribution in [2.75, 3.05) is 19.7 Å². The fraction of sp³-hybridized carbons (Fsp3) is 0.647. The van der Waals surface area contributed by atoms with E-state index in [4.69, 9.17) is 4.74 Å². The van der Waals surface area contributed by atoms with Crippen molar-refractivity contribution in [2.24, 2.45) is 5.41 Å². The van der Waals surface area contributed by atoms with E-state index in [9.17, 15) is 5.11 Å². The van der Waals surface area contributed by atoms with Gasteiger partial charge in [-0.2, -0.15) is 0 Å². The lowest BCUT2D eigenvalue weighted by Crippen LogP contribution is -2.39. The molecule has 0 saturated heterocycles. The molecule has 1 aromatic carbocycles. The van der Waals surface area contributed by atoms with Crippen LogP contribution >= 0.6 is 15.9 Å². The van der Waals surface area contributed by atoms with Gasteiger partial charge in [0.05, 0.1) is 0 Å². The fourth-order valence-electron chi connectivity index (χ4n) is 2.93. The highest BCUT2D eigenvalue weighted by Crippen LogP contribution is 2.34. The van der Waals surface area contributed by atoms with Gasteiger partial charge in [0.1, 0.15) is 18.5 Å². The third-order valence-corrected chi connectivity index (χ3v) is 4.72. The van der Waals surface area contributed by atoms with Gasteiger partial charge < -0.3 is 15.2 Å². The summed E-state index contributed by atoms with van der Waals surface area (Å²) < 4.78 is 6.58. The number of nitrogens with one attached hydrogen (secondary N) is 1. The van der Waals surface area contributed by atoms with Gasteiger partial charge >= 0.3 is 0 Å². The summed E-state index contributed by atoms with van der Waals surface area (Å²) in [6.45, 7) is 4.24. The van der Waals surface area contributed by atoms with Crippen LogP contribution in [0.15, 0.2) is 28.7 Å². The lowest BCUT2D eigenvalue weighted by Gasteiger charge is -2.34. The van der Waals surface area contributed by atoms with E-state index in [2.05, 4.69) is 28.2 Å².